The second kappa shape index (κ2) is 6.30. The number of imidazole rings is 1. The van der Waals surface area contributed by atoms with Gasteiger partial charge < -0.3 is 5.11 Å². The van der Waals surface area contributed by atoms with E-state index < -0.39 is 5.97 Å². The molecular weight excluding hydrogens is 308 g/mol. The van der Waals surface area contributed by atoms with E-state index in [-0.39, 0.29) is 5.69 Å². The molecule has 1 aromatic heterocycles. The number of carbonyl (C=O) groups is 1. The highest BCUT2D eigenvalue weighted by Crippen LogP contribution is 2.26. The van der Waals surface area contributed by atoms with Gasteiger partial charge in [0.1, 0.15) is 10.9 Å². The number of aromatic carboxylic acids is 1. The summed E-state index contributed by atoms with van der Waals surface area (Å²) in [6.45, 7) is 1.82. The molecule has 3 rings (SSSR count). The molecule has 5 heteroatoms. The van der Waals surface area contributed by atoms with Crippen LogP contribution < -0.4 is 0 Å². The average molecular weight is 324 g/mol. The first kappa shape index (κ1) is 15.4. The van der Waals surface area contributed by atoms with E-state index in [1.54, 1.807) is 4.57 Å². The molecule has 3 aromatic rings. The van der Waals surface area contributed by atoms with Crippen molar-refractivity contribution in [2.45, 2.75) is 11.9 Å². The number of aryl methyl sites for hydroxylation is 1. The van der Waals surface area contributed by atoms with Gasteiger partial charge in [-0.1, -0.05) is 42.5 Å². The van der Waals surface area contributed by atoms with Gasteiger partial charge in [-0.3, -0.25) is 4.57 Å². The maximum Gasteiger partial charge on any atom is 0.355 e. The molecule has 1 heterocycles. The molecule has 0 saturated carbocycles. The van der Waals surface area contributed by atoms with Crippen LogP contribution in [0.25, 0.3) is 16.8 Å². The van der Waals surface area contributed by atoms with Gasteiger partial charge in [-0.25, -0.2) is 9.78 Å². The summed E-state index contributed by atoms with van der Waals surface area (Å²) in [4.78, 5) is 16.0. The van der Waals surface area contributed by atoms with Gasteiger partial charge >= 0.3 is 5.97 Å². The summed E-state index contributed by atoms with van der Waals surface area (Å²) in [5.74, 6) is -0.304. The van der Waals surface area contributed by atoms with E-state index in [1.165, 1.54) is 11.8 Å². The van der Waals surface area contributed by atoms with E-state index in [4.69, 9.17) is 0 Å². The second-order valence-corrected chi connectivity index (χ2v) is 5.87. The van der Waals surface area contributed by atoms with Crippen LogP contribution in [0.15, 0.2) is 59.6 Å². The molecule has 0 aliphatic rings. The molecule has 2 aromatic carbocycles. The Hall–Kier alpha value is -2.53. The number of benzene rings is 2. The standard InChI is InChI=1S/C18H16N2O2S/c1-12-19-17(23-2)16(18(21)22)20(12)15-10-8-14(9-11-15)13-6-4-3-5-7-13/h3-11H,1-2H3,(H,21,22). The molecule has 116 valence electrons. The monoisotopic (exact) mass is 324 g/mol. The maximum atomic E-state index is 11.6. The Bertz CT molecular complexity index is 839. The summed E-state index contributed by atoms with van der Waals surface area (Å²) < 4.78 is 1.68. The first-order chi connectivity index (χ1) is 11.1. The van der Waals surface area contributed by atoms with E-state index in [9.17, 15) is 9.90 Å². The van der Waals surface area contributed by atoms with Crippen LogP contribution in [0.3, 0.4) is 0 Å². The summed E-state index contributed by atoms with van der Waals surface area (Å²) in [5.41, 5.74) is 3.23. The molecule has 0 spiro atoms. The molecule has 0 atom stereocenters. The third-order valence-electron chi connectivity index (χ3n) is 3.64. The highest BCUT2D eigenvalue weighted by Gasteiger charge is 2.21. The van der Waals surface area contributed by atoms with Gasteiger partial charge in [-0.2, -0.15) is 0 Å². The number of hydrogen-bond donors (Lipinski definition) is 1. The summed E-state index contributed by atoms with van der Waals surface area (Å²) in [7, 11) is 0. The SMILES string of the molecule is CSc1nc(C)n(-c2ccc(-c3ccccc3)cc2)c1C(=O)O. The van der Waals surface area contributed by atoms with E-state index in [0.29, 0.717) is 10.9 Å². The number of thioether (sulfide) groups is 1. The first-order valence-electron chi connectivity index (χ1n) is 7.14. The fourth-order valence-corrected chi connectivity index (χ4v) is 3.18. The molecule has 0 bridgehead atoms. The van der Waals surface area contributed by atoms with E-state index in [0.717, 1.165) is 16.8 Å². The zero-order chi connectivity index (χ0) is 16.4. The lowest BCUT2D eigenvalue weighted by atomic mass is 10.1. The van der Waals surface area contributed by atoms with Crippen molar-refractivity contribution >= 4 is 17.7 Å². The lowest BCUT2D eigenvalue weighted by Gasteiger charge is -2.09. The fourth-order valence-electron chi connectivity index (χ4n) is 2.59. The Morgan fingerprint density at radius 2 is 1.65 bits per heavy atom. The molecule has 23 heavy (non-hydrogen) atoms. The van der Waals surface area contributed by atoms with E-state index >= 15 is 0 Å². The number of carboxylic acid groups (broad SMARTS) is 1. The molecule has 1 N–H and O–H groups in total. The van der Waals surface area contributed by atoms with Gasteiger partial charge in [0.05, 0.1) is 0 Å². The molecule has 0 unspecified atom stereocenters. The van der Waals surface area contributed by atoms with E-state index in [2.05, 4.69) is 4.98 Å². The Morgan fingerprint density at radius 3 is 2.22 bits per heavy atom. The molecule has 0 aliphatic heterocycles. The zero-order valence-electron chi connectivity index (χ0n) is 12.9. The van der Waals surface area contributed by atoms with Crippen molar-refractivity contribution in [1.82, 2.24) is 9.55 Å². The van der Waals surface area contributed by atoms with Crippen LogP contribution in [0.5, 0.6) is 0 Å². The number of aromatic nitrogens is 2. The Balaban J connectivity index is 2.07. The molecule has 0 fully saturated rings. The third-order valence-corrected chi connectivity index (χ3v) is 4.31. The maximum absolute atomic E-state index is 11.6. The van der Waals surface area contributed by atoms with Crippen molar-refractivity contribution in [3.05, 3.63) is 66.1 Å². The van der Waals surface area contributed by atoms with Gasteiger partial charge in [0, 0.05) is 5.69 Å². The van der Waals surface area contributed by atoms with Gasteiger partial charge in [0.25, 0.3) is 0 Å². The van der Waals surface area contributed by atoms with Gasteiger partial charge in [-0.05, 0) is 36.4 Å². The second-order valence-electron chi connectivity index (χ2n) is 5.07. The van der Waals surface area contributed by atoms with Crippen molar-refractivity contribution in [2.75, 3.05) is 6.26 Å². The van der Waals surface area contributed by atoms with Crippen LogP contribution in [-0.2, 0) is 0 Å². The summed E-state index contributed by atoms with van der Waals surface area (Å²) in [6.07, 6.45) is 1.83. The highest BCUT2D eigenvalue weighted by atomic mass is 32.2. The van der Waals surface area contributed by atoms with Crippen LogP contribution in [0.2, 0.25) is 0 Å². The zero-order valence-corrected chi connectivity index (χ0v) is 13.7. The largest absolute Gasteiger partial charge is 0.476 e. The number of carboxylic acids is 1. The lowest BCUT2D eigenvalue weighted by molar-refractivity contribution is 0.0683. The van der Waals surface area contributed by atoms with Crippen LogP contribution >= 0.6 is 11.8 Å². The minimum atomic E-state index is -0.970. The van der Waals surface area contributed by atoms with Crippen LogP contribution in [0.1, 0.15) is 16.3 Å². The predicted molar refractivity (Wildman–Crippen MR) is 92.5 cm³/mol. The fraction of sp³-hybridized carbons (Fsp3) is 0.111. The Labute approximate surface area is 138 Å². The lowest BCUT2D eigenvalue weighted by Crippen LogP contribution is -2.08. The van der Waals surface area contributed by atoms with Crippen LogP contribution in [0.4, 0.5) is 0 Å². The highest BCUT2D eigenvalue weighted by molar-refractivity contribution is 7.98. The van der Waals surface area contributed by atoms with Crippen molar-refractivity contribution in [2.24, 2.45) is 0 Å². The van der Waals surface area contributed by atoms with Gasteiger partial charge in [0.2, 0.25) is 0 Å². The number of nitrogens with zero attached hydrogens (tertiary/aromatic N) is 2. The van der Waals surface area contributed by atoms with Gasteiger partial charge in [0.15, 0.2) is 5.69 Å². The molecule has 0 amide bonds. The quantitative estimate of drug-likeness (QED) is 0.728. The smallest absolute Gasteiger partial charge is 0.355 e. The normalized spacial score (nSPS) is 10.7. The molecule has 0 aliphatic carbocycles. The third kappa shape index (κ3) is 2.87. The molecular formula is C18H16N2O2S. The molecule has 4 nitrogen and oxygen atoms in total. The van der Waals surface area contributed by atoms with E-state index in [1.807, 2.05) is 67.8 Å². The molecule has 0 saturated heterocycles. The summed E-state index contributed by atoms with van der Waals surface area (Å²) >= 11 is 1.34. The molecule has 0 radical (unpaired) electrons. The van der Waals surface area contributed by atoms with Crippen molar-refractivity contribution in [3.8, 4) is 16.8 Å². The Kier molecular flexibility index (Phi) is 4.21. The topological polar surface area (TPSA) is 55.1 Å². The minimum Gasteiger partial charge on any atom is -0.476 e. The number of rotatable bonds is 4. The van der Waals surface area contributed by atoms with Crippen molar-refractivity contribution in [1.29, 1.82) is 0 Å². The van der Waals surface area contributed by atoms with Crippen LogP contribution in [0, 0.1) is 6.92 Å². The minimum absolute atomic E-state index is 0.211. The first-order valence-corrected chi connectivity index (χ1v) is 8.36. The Morgan fingerprint density at radius 1 is 1.04 bits per heavy atom. The average Bonchev–Trinajstić information content (AvgIpc) is 2.92. The van der Waals surface area contributed by atoms with Crippen molar-refractivity contribution < 1.29 is 9.90 Å². The van der Waals surface area contributed by atoms with Gasteiger partial charge in [-0.15, -0.1) is 11.8 Å². The van der Waals surface area contributed by atoms with Crippen LogP contribution in [-0.4, -0.2) is 26.9 Å². The number of hydrogen-bond acceptors (Lipinski definition) is 3. The predicted octanol–water partition coefficient (Wildman–Crippen LogP) is 4.27. The van der Waals surface area contributed by atoms with Crippen molar-refractivity contribution in [3.63, 3.8) is 0 Å². The summed E-state index contributed by atoms with van der Waals surface area (Å²) in [5, 5.41) is 10.0. The summed E-state index contributed by atoms with van der Waals surface area (Å²) in [6, 6.07) is 17.9.